The van der Waals surface area contributed by atoms with Crippen LogP contribution in [0.3, 0.4) is 0 Å². The number of nitrogens with zero attached hydrogens (tertiary/aromatic N) is 1. The van der Waals surface area contributed by atoms with Gasteiger partial charge in [0, 0.05) is 19.0 Å². The zero-order valence-electron chi connectivity index (χ0n) is 11.6. The third-order valence-electron chi connectivity index (χ3n) is 3.99. The Morgan fingerprint density at radius 3 is 2.95 bits per heavy atom. The van der Waals surface area contributed by atoms with Gasteiger partial charge in [-0.05, 0) is 43.4 Å². The number of likely N-dealkylation sites (tertiary alicyclic amines) is 1. The number of carbonyl (C=O) groups excluding carboxylic acids is 1. The number of hydrogen-bond acceptors (Lipinski definition) is 2. The molecule has 0 aromatic heterocycles. The maximum atomic E-state index is 13.1. The van der Waals surface area contributed by atoms with Crippen LogP contribution in [0.5, 0.6) is 0 Å². The summed E-state index contributed by atoms with van der Waals surface area (Å²) in [5.74, 6) is 0.335. The number of halogens is 1. The van der Waals surface area contributed by atoms with E-state index in [0.29, 0.717) is 19.1 Å². The third kappa shape index (κ3) is 3.37. The first kappa shape index (κ1) is 13.6. The maximum Gasteiger partial charge on any atom is 0.225 e. The van der Waals surface area contributed by atoms with Crippen LogP contribution in [0.1, 0.15) is 31.2 Å². The van der Waals surface area contributed by atoms with Gasteiger partial charge in [-0.1, -0.05) is 12.1 Å². The topological polar surface area (TPSA) is 29.5 Å². The summed E-state index contributed by atoms with van der Waals surface area (Å²) in [6, 6.07) is 6.48. The molecule has 3 nitrogen and oxygen atoms in total. The minimum absolute atomic E-state index is 0.0784. The lowest BCUT2D eigenvalue weighted by molar-refractivity contribution is -0.137. The van der Waals surface area contributed by atoms with E-state index in [1.54, 1.807) is 6.07 Å². The van der Waals surface area contributed by atoms with Gasteiger partial charge in [0.25, 0.3) is 0 Å². The number of amides is 1. The smallest absolute Gasteiger partial charge is 0.225 e. The molecule has 1 atom stereocenters. The Kier molecular flexibility index (Phi) is 4.01. The van der Waals surface area contributed by atoms with E-state index in [9.17, 15) is 9.18 Å². The van der Waals surface area contributed by atoms with Crippen molar-refractivity contribution in [3.63, 3.8) is 0 Å². The van der Waals surface area contributed by atoms with Crippen molar-refractivity contribution >= 4 is 5.91 Å². The summed E-state index contributed by atoms with van der Waals surface area (Å²) in [7, 11) is 0. The van der Waals surface area contributed by atoms with E-state index < -0.39 is 0 Å². The molecule has 1 aromatic carbocycles. The molecule has 2 aliphatic rings. The van der Waals surface area contributed by atoms with Gasteiger partial charge in [-0.2, -0.15) is 0 Å². The molecule has 1 heterocycles. The molecule has 0 radical (unpaired) electrons. The van der Waals surface area contributed by atoms with Crippen molar-refractivity contribution in [2.24, 2.45) is 5.92 Å². The van der Waals surface area contributed by atoms with Crippen LogP contribution in [-0.2, 0) is 16.1 Å². The summed E-state index contributed by atoms with van der Waals surface area (Å²) in [4.78, 5) is 14.0. The average Bonchev–Trinajstić information content (AvgIpc) is 3.29. The first-order chi connectivity index (χ1) is 9.72. The molecule has 108 valence electrons. The van der Waals surface area contributed by atoms with Crippen LogP contribution in [0.25, 0.3) is 0 Å². The fraction of sp³-hybridized carbons (Fsp3) is 0.562. The molecule has 3 rings (SSSR count). The van der Waals surface area contributed by atoms with Gasteiger partial charge in [0.1, 0.15) is 5.82 Å². The first-order valence-corrected chi connectivity index (χ1v) is 7.37. The van der Waals surface area contributed by atoms with Gasteiger partial charge in [-0.3, -0.25) is 4.79 Å². The number of carbonyl (C=O) groups is 1. The molecule has 0 spiro atoms. The Labute approximate surface area is 118 Å². The van der Waals surface area contributed by atoms with Gasteiger partial charge < -0.3 is 9.64 Å². The highest BCUT2D eigenvalue weighted by Gasteiger charge is 2.35. The van der Waals surface area contributed by atoms with Crippen molar-refractivity contribution in [2.75, 3.05) is 13.1 Å². The molecule has 0 N–H and O–H groups in total. The summed E-state index contributed by atoms with van der Waals surface area (Å²) < 4.78 is 18.9. The van der Waals surface area contributed by atoms with Gasteiger partial charge in [0.05, 0.1) is 12.7 Å². The molecule has 4 heteroatoms. The van der Waals surface area contributed by atoms with Crippen molar-refractivity contribution in [2.45, 2.75) is 38.4 Å². The predicted octanol–water partition coefficient (Wildman–Crippen LogP) is 2.74. The zero-order valence-corrected chi connectivity index (χ0v) is 11.6. The second kappa shape index (κ2) is 5.92. The first-order valence-electron chi connectivity index (χ1n) is 7.37. The van der Waals surface area contributed by atoms with E-state index >= 15 is 0 Å². The molecule has 0 bridgehead atoms. The molecule has 1 aromatic rings. The molecule has 1 unspecified atom stereocenters. The Hall–Kier alpha value is -1.42. The van der Waals surface area contributed by atoms with Gasteiger partial charge >= 0.3 is 0 Å². The molecule has 1 saturated heterocycles. The lowest BCUT2D eigenvalue weighted by atomic mass is 10.1. The molecular formula is C16H20FNO2. The van der Waals surface area contributed by atoms with Crippen molar-refractivity contribution in [1.82, 2.24) is 4.90 Å². The van der Waals surface area contributed by atoms with E-state index in [4.69, 9.17) is 4.74 Å². The summed E-state index contributed by atoms with van der Waals surface area (Å²) in [5, 5.41) is 0. The van der Waals surface area contributed by atoms with Gasteiger partial charge in [-0.25, -0.2) is 4.39 Å². The summed E-state index contributed by atoms with van der Waals surface area (Å²) in [6.07, 6.45) is 4.14. The largest absolute Gasteiger partial charge is 0.372 e. The Bertz CT molecular complexity index is 487. The van der Waals surface area contributed by atoms with Crippen LogP contribution in [0.15, 0.2) is 24.3 Å². The molecule has 1 saturated carbocycles. The lowest BCUT2D eigenvalue weighted by Crippen LogP contribution is -2.43. The molecule has 2 fully saturated rings. The summed E-state index contributed by atoms with van der Waals surface area (Å²) in [5.41, 5.74) is 0.843. The molecular weight excluding hydrogens is 257 g/mol. The Morgan fingerprint density at radius 1 is 1.35 bits per heavy atom. The Balaban J connectivity index is 1.51. The van der Waals surface area contributed by atoms with Crippen LogP contribution in [-0.4, -0.2) is 30.0 Å². The highest BCUT2D eigenvalue weighted by Crippen LogP contribution is 2.32. The van der Waals surface area contributed by atoms with Crippen LogP contribution >= 0.6 is 0 Å². The highest BCUT2D eigenvalue weighted by atomic mass is 19.1. The van der Waals surface area contributed by atoms with Crippen LogP contribution < -0.4 is 0 Å². The van der Waals surface area contributed by atoms with E-state index in [-0.39, 0.29) is 17.8 Å². The number of ether oxygens (including phenoxy) is 1. The van der Waals surface area contributed by atoms with Gasteiger partial charge in [-0.15, -0.1) is 0 Å². The van der Waals surface area contributed by atoms with Crippen LogP contribution in [0, 0.1) is 11.7 Å². The average molecular weight is 277 g/mol. The van der Waals surface area contributed by atoms with Gasteiger partial charge in [0.2, 0.25) is 5.91 Å². The van der Waals surface area contributed by atoms with E-state index in [0.717, 1.165) is 37.8 Å². The van der Waals surface area contributed by atoms with Crippen molar-refractivity contribution < 1.29 is 13.9 Å². The van der Waals surface area contributed by atoms with Crippen molar-refractivity contribution in [3.05, 3.63) is 35.6 Å². The molecule has 1 amide bonds. The monoisotopic (exact) mass is 277 g/mol. The molecule has 20 heavy (non-hydrogen) atoms. The van der Waals surface area contributed by atoms with E-state index in [1.165, 1.54) is 12.1 Å². The molecule has 1 aliphatic heterocycles. The second-order valence-electron chi connectivity index (χ2n) is 5.76. The summed E-state index contributed by atoms with van der Waals surface area (Å²) in [6.45, 7) is 1.95. The second-order valence-corrected chi connectivity index (χ2v) is 5.76. The number of rotatable bonds is 4. The standard InChI is InChI=1S/C16H20FNO2/c17-14-4-1-3-12(9-14)11-20-15-5-2-8-18(10-15)16(19)13-6-7-13/h1,3-4,9,13,15H,2,5-8,10-11H2. The quantitative estimate of drug-likeness (QED) is 0.847. The fourth-order valence-electron chi connectivity index (χ4n) is 2.70. The lowest BCUT2D eigenvalue weighted by Gasteiger charge is -2.32. The number of benzene rings is 1. The van der Waals surface area contributed by atoms with Crippen molar-refractivity contribution in [3.8, 4) is 0 Å². The maximum absolute atomic E-state index is 13.1. The highest BCUT2D eigenvalue weighted by molar-refractivity contribution is 5.81. The fourth-order valence-corrected chi connectivity index (χ4v) is 2.70. The van der Waals surface area contributed by atoms with E-state index in [2.05, 4.69) is 0 Å². The van der Waals surface area contributed by atoms with Crippen molar-refractivity contribution in [1.29, 1.82) is 0 Å². The van der Waals surface area contributed by atoms with Crippen LogP contribution in [0.2, 0.25) is 0 Å². The number of piperidine rings is 1. The van der Waals surface area contributed by atoms with Crippen LogP contribution in [0.4, 0.5) is 4.39 Å². The number of hydrogen-bond donors (Lipinski definition) is 0. The normalized spacial score (nSPS) is 22.9. The zero-order chi connectivity index (χ0) is 13.9. The predicted molar refractivity (Wildman–Crippen MR) is 73.5 cm³/mol. The third-order valence-corrected chi connectivity index (χ3v) is 3.99. The minimum atomic E-state index is -0.236. The SMILES string of the molecule is O=C(C1CC1)N1CCCC(OCc2cccc(F)c2)C1. The Morgan fingerprint density at radius 2 is 2.20 bits per heavy atom. The molecule has 1 aliphatic carbocycles. The van der Waals surface area contributed by atoms with E-state index in [1.807, 2.05) is 11.0 Å². The van der Waals surface area contributed by atoms with Gasteiger partial charge in [0.15, 0.2) is 0 Å². The summed E-state index contributed by atoms with van der Waals surface area (Å²) >= 11 is 0. The minimum Gasteiger partial charge on any atom is -0.372 e.